The molecule has 0 saturated carbocycles. The fourth-order valence-electron chi connectivity index (χ4n) is 3.64. The Labute approximate surface area is 190 Å². The van der Waals surface area contributed by atoms with E-state index in [9.17, 15) is 13.2 Å². The molecule has 1 aliphatic heterocycles. The lowest BCUT2D eigenvalue weighted by atomic mass is 10.1. The summed E-state index contributed by atoms with van der Waals surface area (Å²) in [5.41, 5.74) is 2.22. The predicted molar refractivity (Wildman–Crippen MR) is 122 cm³/mol. The van der Waals surface area contributed by atoms with Crippen molar-refractivity contribution in [3.05, 3.63) is 59.4 Å². The third-order valence-electron chi connectivity index (χ3n) is 5.31. The second-order valence-corrected chi connectivity index (χ2v) is 9.61. The Hall–Kier alpha value is -2.72. The van der Waals surface area contributed by atoms with E-state index in [1.165, 1.54) is 16.4 Å². The summed E-state index contributed by atoms with van der Waals surface area (Å²) in [7, 11) is -3.64. The van der Waals surface area contributed by atoms with Crippen LogP contribution in [-0.2, 0) is 21.3 Å². The predicted octanol–water partition coefficient (Wildman–Crippen LogP) is 3.51. The highest BCUT2D eigenvalue weighted by molar-refractivity contribution is 7.89. The van der Waals surface area contributed by atoms with E-state index < -0.39 is 16.0 Å². The number of aromatic nitrogens is 2. The third kappa shape index (κ3) is 4.29. The molecular formula is C22H22ClN3O5S. The van der Waals surface area contributed by atoms with Gasteiger partial charge in [0.25, 0.3) is 0 Å². The first kappa shape index (κ1) is 22.5. The van der Waals surface area contributed by atoms with E-state index in [0.29, 0.717) is 49.2 Å². The second kappa shape index (κ2) is 9.03. The number of morpholine rings is 1. The molecule has 1 aromatic heterocycles. The van der Waals surface area contributed by atoms with Crippen LogP contribution in [0.25, 0.3) is 22.1 Å². The van der Waals surface area contributed by atoms with Crippen LogP contribution in [0.5, 0.6) is 0 Å². The molecule has 168 valence electrons. The fourth-order valence-corrected chi connectivity index (χ4v) is 5.34. The minimum Gasteiger partial charge on any atom is -0.478 e. The van der Waals surface area contributed by atoms with Crippen LogP contribution >= 0.6 is 11.6 Å². The summed E-state index contributed by atoms with van der Waals surface area (Å²) in [6.07, 6.45) is 1.70. The molecule has 1 aliphatic rings. The highest BCUT2D eigenvalue weighted by Gasteiger charge is 2.27. The molecule has 1 saturated heterocycles. The first-order valence-corrected chi connectivity index (χ1v) is 11.9. The van der Waals surface area contributed by atoms with Crippen LogP contribution in [0.15, 0.2) is 47.4 Å². The molecule has 2 heterocycles. The Morgan fingerprint density at radius 1 is 1.19 bits per heavy atom. The number of imidazole rings is 1. The van der Waals surface area contributed by atoms with Gasteiger partial charge in [0.2, 0.25) is 10.0 Å². The van der Waals surface area contributed by atoms with Gasteiger partial charge in [0, 0.05) is 19.6 Å². The summed E-state index contributed by atoms with van der Waals surface area (Å²) in [6.45, 7) is 3.95. The van der Waals surface area contributed by atoms with E-state index in [0.717, 1.165) is 11.1 Å². The number of benzene rings is 2. The van der Waals surface area contributed by atoms with Crippen molar-refractivity contribution in [1.82, 2.24) is 13.9 Å². The molecule has 0 amide bonds. The zero-order valence-electron chi connectivity index (χ0n) is 17.4. The number of carboxylic acid groups (broad SMARTS) is 1. The standard InChI is InChI=1S/C22H22ClN3O5S/c1-2-26-20-8-7-17(32(29,30)25-9-11-31-12-10-25)14-19(20)24-21(26)18(23)13-15-3-5-16(6-4-15)22(27)28/h3-8,13-14H,2,9-12H2,1H3,(H,27,28). The average molecular weight is 476 g/mol. The van der Waals surface area contributed by atoms with Crippen LogP contribution < -0.4 is 0 Å². The highest BCUT2D eigenvalue weighted by Crippen LogP contribution is 2.28. The Morgan fingerprint density at radius 3 is 2.50 bits per heavy atom. The van der Waals surface area contributed by atoms with Gasteiger partial charge in [-0.25, -0.2) is 18.2 Å². The van der Waals surface area contributed by atoms with Crippen LogP contribution in [0.2, 0.25) is 0 Å². The van der Waals surface area contributed by atoms with Crippen molar-refractivity contribution in [1.29, 1.82) is 0 Å². The van der Waals surface area contributed by atoms with Crippen LogP contribution in [0.4, 0.5) is 0 Å². The lowest BCUT2D eigenvalue weighted by Gasteiger charge is -2.26. The van der Waals surface area contributed by atoms with Gasteiger partial charge in [-0.2, -0.15) is 4.31 Å². The van der Waals surface area contributed by atoms with Crippen molar-refractivity contribution in [2.24, 2.45) is 0 Å². The number of ether oxygens (including phenoxy) is 1. The van der Waals surface area contributed by atoms with Gasteiger partial charge >= 0.3 is 5.97 Å². The number of carbonyl (C=O) groups is 1. The number of nitrogens with zero attached hydrogens (tertiary/aromatic N) is 3. The molecule has 3 aromatic rings. The van der Waals surface area contributed by atoms with Crippen molar-refractivity contribution < 1.29 is 23.1 Å². The second-order valence-electron chi connectivity index (χ2n) is 7.27. The number of aromatic carboxylic acids is 1. The lowest BCUT2D eigenvalue weighted by molar-refractivity contribution is 0.0697. The summed E-state index contributed by atoms with van der Waals surface area (Å²) < 4.78 is 34.6. The molecule has 1 fully saturated rings. The molecule has 0 unspecified atom stereocenters. The van der Waals surface area contributed by atoms with Crippen LogP contribution in [-0.4, -0.2) is 59.7 Å². The quantitative estimate of drug-likeness (QED) is 0.585. The molecule has 2 aromatic carbocycles. The van der Waals surface area contributed by atoms with E-state index in [-0.39, 0.29) is 10.5 Å². The van der Waals surface area contributed by atoms with Crippen molar-refractivity contribution in [2.45, 2.75) is 18.4 Å². The maximum Gasteiger partial charge on any atom is 0.335 e. The van der Waals surface area contributed by atoms with E-state index in [1.807, 2.05) is 11.5 Å². The molecule has 0 aliphatic carbocycles. The number of hydrogen-bond acceptors (Lipinski definition) is 5. The minimum absolute atomic E-state index is 0.184. The van der Waals surface area contributed by atoms with Gasteiger partial charge in [-0.1, -0.05) is 23.7 Å². The van der Waals surface area contributed by atoms with Crippen molar-refractivity contribution in [2.75, 3.05) is 26.3 Å². The van der Waals surface area contributed by atoms with E-state index in [2.05, 4.69) is 4.98 Å². The normalized spacial score (nSPS) is 15.9. The smallest absolute Gasteiger partial charge is 0.335 e. The summed E-state index contributed by atoms with van der Waals surface area (Å²) in [6, 6.07) is 11.2. The van der Waals surface area contributed by atoms with Crippen molar-refractivity contribution >= 4 is 49.7 Å². The van der Waals surface area contributed by atoms with Crippen LogP contribution in [0.3, 0.4) is 0 Å². The number of fused-ring (bicyclic) bond motifs is 1. The first-order valence-electron chi connectivity index (χ1n) is 10.1. The van der Waals surface area contributed by atoms with Crippen molar-refractivity contribution in [3.63, 3.8) is 0 Å². The molecule has 4 rings (SSSR count). The summed E-state index contributed by atoms with van der Waals surface area (Å²) in [5.74, 6) is -0.491. The van der Waals surface area contributed by atoms with E-state index in [1.54, 1.807) is 36.4 Å². The molecule has 32 heavy (non-hydrogen) atoms. The Morgan fingerprint density at radius 2 is 1.88 bits per heavy atom. The van der Waals surface area contributed by atoms with Gasteiger partial charge in [0.1, 0.15) is 0 Å². The molecule has 8 nitrogen and oxygen atoms in total. The lowest BCUT2D eigenvalue weighted by Crippen LogP contribution is -2.40. The first-order chi connectivity index (χ1) is 15.3. The molecule has 0 spiro atoms. The monoisotopic (exact) mass is 475 g/mol. The number of carboxylic acids is 1. The topological polar surface area (TPSA) is 102 Å². The molecule has 1 N–H and O–H groups in total. The number of halogens is 1. The maximum absolute atomic E-state index is 13.0. The summed E-state index contributed by atoms with van der Waals surface area (Å²) in [5, 5.41) is 9.41. The minimum atomic E-state index is -3.64. The molecule has 10 heteroatoms. The SMILES string of the molecule is CCn1c(C(Cl)=Cc2ccc(C(=O)O)cc2)nc2cc(S(=O)(=O)N3CCOCC3)ccc21. The molecule has 0 atom stereocenters. The third-order valence-corrected chi connectivity index (χ3v) is 7.48. The summed E-state index contributed by atoms with van der Waals surface area (Å²) >= 11 is 6.57. The Kier molecular flexibility index (Phi) is 6.34. The van der Waals surface area contributed by atoms with Gasteiger partial charge in [-0.05, 0) is 48.9 Å². The highest BCUT2D eigenvalue weighted by atomic mass is 35.5. The Bertz CT molecular complexity index is 1290. The van der Waals surface area contributed by atoms with E-state index in [4.69, 9.17) is 21.4 Å². The zero-order valence-corrected chi connectivity index (χ0v) is 18.9. The number of sulfonamides is 1. The Balaban J connectivity index is 1.71. The average Bonchev–Trinajstić information content (AvgIpc) is 3.18. The number of hydrogen-bond donors (Lipinski definition) is 1. The van der Waals surface area contributed by atoms with Gasteiger partial charge in [-0.3, -0.25) is 0 Å². The zero-order chi connectivity index (χ0) is 22.9. The van der Waals surface area contributed by atoms with Gasteiger partial charge in [0.05, 0.1) is 39.7 Å². The maximum atomic E-state index is 13.0. The number of rotatable bonds is 6. The van der Waals surface area contributed by atoms with Gasteiger partial charge < -0.3 is 14.4 Å². The largest absolute Gasteiger partial charge is 0.478 e. The molecule has 0 bridgehead atoms. The summed E-state index contributed by atoms with van der Waals surface area (Å²) in [4.78, 5) is 15.8. The fraction of sp³-hybridized carbons (Fsp3) is 0.273. The van der Waals surface area contributed by atoms with Crippen LogP contribution in [0.1, 0.15) is 28.7 Å². The molecular weight excluding hydrogens is 454 g/mol. The van der Waals surface area contributed by atoms with Crippen LogP contribution in [0, 0.1) is 0 Å². The van der Waals surface area contributed by atoms with Gasteiger partial charge in [-0.15, -0.1) is 0 Å². The van der Waals surface area contributed by atoms with E-state index >= 15 is 0 Å². The number of aryl methyl sites for hydroxylation is 1. The molecule has 0 radical (unpaired) electrons. The van der Waals surface area contributed by atoms with Crippen molar-refractivity contribution in [3.8, 4) is 0 Å². The van der Waals surface area contributed by atoms with Gasteiger partial charge in [0.15, 0.2) is 5.82 Å².